The van der Waals surface area contributed by atoms with E-state index < -0.39 is 0 Å². The summed E-state index contributed by atoms with van der Waals surface area (Å²) < 4.78 is 11.8. The van der Waals surface area contributed by atoms with E-state index >= 15 is 0 Å². The Bertz CT molecular complexity index is 730. The van der Waals surface area contributed by atoms with Crippen molar-refractivity contribution in [3.05, 3.63) is 36.7 Å². The Morgan fingerprint density at radius 1 is 0.647 bits per heavy atom. The quantitative estimate of drug-likeness (QED) is 0.182. The second kappa shape index (κ2) is 18.3. The van der Waals surface area contributed by atoms with Crippen molar-refractivity contribution >= 4 is 0 Å². The van der Waals surface area contributed by atoms with Crippen LogP contribution in [0.1, 0.15) is 111 Å². The Labute approximate surface area is 208 Å². The van der Waals surface area contributed by atoms with Crippen molar-refractivity contribution < 1.29 is 9.47 Å². The first-order valence-electron chi connectivity index (χ1n) is 13.9. The van der Waals surface area contributed by atoms with Crippen LogP contribution < -0.4 is 9.47 Å². The van der Waals surface area contributed by atoms with E-state index in [-0.39, 0.29) is 0 Å². The van der Waals surface area contributed by atoms with Crippen molar-refractivity contribution in [1.29, 1.82) is 0 Å². The number of ether oxygens (including phenoxy) is 2. The molecule has 190 valence electrons. The molecule has 0 saturated carbocycles. The molecule has 0 aliphatic heterocycles. The van der Waals surface area contributed by atoms with Crippen LogP contribution in [0, 0.1) is 5.92 Å². The van der Waals surface area contributed by atoms with Gasteiger partial charge in [-0.25, -0.2) is 9.97 Å². The van der Waals surface area contributed by atoms with E-state index in [1.54, 1.807) is 12.4 Å². The van der Waals surface area contributed by atoms with E-state index in [9.17, 15) is 0 Å². The van der Waals surface area contributed by atoms with Gasteiger partial charge >= 0.3 is 0 Å². The summed E-state index contributed by atoms with van der Waals surface area (Å²) in [6.45, 7) is 8.30. The molecule has 0 saturated heterocycles. The Hall–Kier alpha value is -2.10. The summed E-state index contributed by atoms with van der Waals surface area (Å²) in [4.78, 5) is 8.98. The standard InChI is InChI=1S/C30H48N2O2/c1-4-6-8-10-11-12-13-14-16-22-33-29-23-31-30(32-24-29)27-18-20-28(21-19-27)34-25-26(3)17-15-9-7-5-2/h18-21,23-24,26H,4-17,22,25H2,1-3H3/t26-/m0/s1. The first kappa shape index (κ1) is 28.1. The highest BCUT2D eigenvalue weighted by Gasteiger charge is 2.06. The molecular weight excluding hydrogens is 420 g/mol. The minimum atomic E-state index is 0.586. The smallest absolute Gasteiger partial charge is 0.159 e. The minimum Gasteiger partial charge on any atom is -0.493 e. The number of rotatable bonds is 20. The zero-order chi connectivity index (χ0) is 24.3. The van der Waals surface area contributed by atoms with Crippen molar-refractivity contribution in [3.63, 3.8) is 0 Å². The van der Waals surface area contributed by atoms with Crippen LogP contribution in [0.4, 0.5) is 0 Å². The molecular formula is C30H48N2O2. The molecule has 0 N–H and O–H groups in total. The molecule has 4 nitrogen and oxygen atoms in total. The van der Waals surface area contributed by atoms with Crippen molar-refractivity contribution in [3.8, 4) is 22.9 Å². The lowest BCUT2D eigenvalue weighted by atomic mass is 10.0. The van der Waals surface area contributed by atoms with Gasteiger partial charge in [0.05, 0.1) is 25.6 Å². The minimum absolute atomic E-state index is 0.586. The second-order valence-electron chi connectivity index (χ2n) is 9.71. The molecule has 4 heteroatoms. The van der Waals surface area contributed by atoms with Crippen molar-refractivity contribution in [2.75, 3.05) is 13.2 Å². The molecule has 0 amide bonds. The number of unbranched alkanes of at least 4 members (excludes halogenated alkanes) is 11. The summed E-state index contributed by atoms with van der Waals surface area (Å²) in [5, 5.41) is 0. The molecule has 0 radical (unpaired) electrons. The number of aromatic nitrogens is 2. The van der Waals surface area contributed by atoms with Crippen LogP contribution in [-0.4, -0.2) is 23.2 Å². The lowest BCUT2D eigenvalue weighted by molar-refractivity contribution is 0.249. The van der Waals surface area contributed by atoms with Crippen LogP contribution in [0.3, 0.4) is 0 Å². The summed E-state index contributed by atoms with van der Waals surface area (Å²) in [7, 11) is 0. The molecule has 1 aromatic heterocycles. The molecule has 0 aliphatic rings. The van der Waals surface area contributed by atoms with Crippen molar-refractivity contribution in [2.24, 2.45) is 5.92 Å². The zero-order valence-electron chi connectivity index (χ0n) is 22.1. The molecule has 1 atom stereocenters. The van der Waals surface area contributed by atoms with Gasteiger partial charge in [-0.1, -0.05) is 97.8 Å². The molecule has 0 bridgehead atoms. The first-order valence-corrected chi connectivity index (χ1v) is 13.9. The van der Waals surface area contributed by atoms with Gasteiger partial charge in [0.25, 0.3) is 0 Å². The maximum absolute atomic E-state index is 5.98. The zero-order valence-corrected chi connectivity index (χ0v) is 22.1. The highest BCUT2D eigenvalue weighted by atomic mass is 16.5. The lowest BCUT2D eigenvalue weighted by Crippen LogP contribution is -2.08. The summed E-state index contributed by atoms with van der Waals surface area (Å²) in [5.74, 6) is 2.95. The largest absolute Gasteiger partial charge is 0.493 e. The van der Waals surface area contributed by atoms with Gasteiger partial charge in [0.2, 0.25) is 0 Å². The van der Waals surface area contributed by atoms with E-state index in [0.717, 1.165) is 36.7 Å². The molecule has 34 heavy (non-hydrogen) atoms. The van der Waals surface area contributed by atoms with Gasteiger partial charge < -0.3 is 9.47 Å². The van der Waals surface area contributed by atoms with E-state index in [4.69, 9.17) is 9.47 Å². The maximum Gasteiger partial charge on any atom is 0.159 e. The fraction of sp³-hybridized carbons (Fsp3) is 0.667. The average Bonchev–Trinajstić information content (AvgIpc) is 2.87. The van der Waals surface area contributed by atoms with Gasteiger partial charge in [-0.15, -0.1) is 0 Å². The Morgan fingerprint density at radius 2 is 1.21 bits per heavy atom. The third kappa shape index (κ3) is 12.4. The van der Waals surface area contributed by atoms with E-state index in [1.807, 2.05) is 24.3 Å². The number of benzene rings is 1. The van der Waals surface area contributed by atoms with Crippen molar-refractivity contribution in [1.82, 2.24) is 9.97 Å². The summed E-state index contributed by atoms with van der Waals surface area (Å²) in [6.07, 6.45) is 21.9. The van der Waals surface area contributed by atoms with Gasteiger partial charge in [-0.05, 0) is 43.0 Å². The van der Waals surface area contributed by atoms with Crippen LogP contribution >= 0.6 is 0 Å². The molecule has 0 spiro atoms. The van der Waals surface area contributed by atoms with Gasteiger partial charge in [0, 0.05) is 5.56 Å². The Kier molecular flexibility index (Phi) is 15.1. The summed E-state index contributed by atoms with van der Waals surface area (Å²) in [6, 6.07) is 8.08. The normalized spacial score (nSPS) is 12.0. The third-order valence-electron chi connectivity index (χ3n) is 6.34. The van der Waals surface area contributed by atoms with E-state index in [2.05, 4.69) is 30.7 Å². The maximum atomic E-state index is 5.98. The molecule has 0 fully saturated rings. The van der Waals surface area contributed by atoms with Crippen molar-refractivity contribution in [2.45, 2.75) is 111 Å². The van der Waals surface area contributed by atoms with E-state index in [0.29, 0.717) is 11.7 Å². The highest BCUT2D eigenvalue weighted by molar-refractivity contribution is 5.56. The molecule has 2 aromatic rings. The van der Waals surface area contributed by atoms with E-state index in [1.165, 1.54) is 83.5 Å². The fourth-order valence-corrected chi connectivity index (χ4v) is 4.08. The van der Waals surface area contributed by atoms with Gasteiger partial charge in [-0.3, -0.25) is 0 Å². The van der Waals surface area contributed by atoms with Crippen LogP contribution in [0.5, 0.6) is 11.5 Å². The molecule has 0 unspecified atom stereocenters. The van der Waals surface area contributed by atoms with Crippen LogP contribution in [0.2, 0.25) is 0 Å². The van der Waals surface area contributed by atoms with Gasteiger partial charge in [0.15, 0.2) is 11.6 Å². The predicted octanol–water partition coefficient (Wildman–Crippen LogP) is 9.04. The van der Waals surface area contributed by atoms with Crippen LogP contribution in [0.25, 0.3) is 11.4 Å². The van der Waals surface area contributed by atoms with Crippen LogP contribution in [0.15, 0.2) is 36.7 Å². The van der Waals surface area contributed by atoms with Gasteiger partial charge in [0.1, 0.15) is 5.75 Å². The summed E-state index contributed by atoms with van der Waals surface area (Å²) >= 11 is 0. The predicted molar refractivity (Wildman–Crippen MR) is 144 cm³/mol. The number of hydrogen-bond donors (Lipinski definition) is 0. The topological polar surface area (TPSA) is 44.2 Å². The Balaban J connectivity index is 1.61. The number of hydrogen-bond acceptors (Lipinski definition) is 4. The van der Waals surface area contributed by atoms with Crippen LogP contribution in [-0.2, 0) is 0 Å². The number of nitrogens with zero attached hydrogens (tertiary/aromatic N) is 2. The first-order chi connectivity index (χ1) is 16.7. The lowest BCUT2D eigenvalue weighted by Gasteiger charge is -2.13. The fourth-order valence-electron chi connectivity index (χ4n) is 4.08. The average molecular weight is 469 g/mol. The summed E-state index contributed by atoms with van der Waals surface area (Å²) in [5.41, 5.74) is 0.991. The molecule has 0 aliphatic carbocycles. The second-order valence-corrected chi connectivity index (χ2v) is 9.71. The molecule has 1 heterocycles. The molecule has 2 rings (SSSR count). The van der Waals surface area contributed by atoms with Gasteiger partial charge in [-0.2, -0.15) is 0 Å². The SMILES string of the molecule is CCCCCCCCCCCOc1cnc(-c2ccc(OC[C@@H](C)CCCCCC)cc2)nc1. The molecule has 1 aromatic carbocycles. The highest BCUT2D eigenvalue weighted by Crippen LogP contribution is 2.21. The Morgan fingerprint density at radius 3 is 1.82 bits per heavy atom. The third-order valence-corrected chi connectivity index (χ3v) is 6.34. The monoisotopic (exact) mass is 468 g/mol.